The lowest BCUT2D eigenvalue weighted by Gasteiger charge is -2.42. The van der Waals surface area contributed by atoms with Crippen molar-refractivity contribution in [1.82, 2.24) is 10.3 Å². The Kier molecular flexibility index (Phi) is 3.69. The molecule has 0 amide bonds. The van der Waals surface area contributed by atoms with Gasteiger partial charge in [0.15, 0.2) is 0 Å². The van der Waals surface area contributed by atoms with Gasteiger partial charge in [-0.1, -0.05) is 6.07 Å². The normalized spacial score (nSPS) is 25.8. The molecule has 3 rings (SSSR count). The Morgan fingerprint density at radius 2 is 2.25 bits per heavy atom. The van der Waals surface area contributed by atoms with Crippen molar-refractivity contribution in [3.05, 3.63) is 23.9 Å². The van der Waals surface area contributed by atoms with Gasteiger partial charge in [0, 0.05) is 37.4 Å². The van der Waals surface area contributed by atoms with Crippen LogP contribution in [0.1, 0.15) is 39.2 Å². The maximum absolute atomic E-state index is 5.99. The largest absolute Gasteiger partial charge is 0.369 e. The predicted molar refractivity (Wildman–Crippen MR) is 80.9 cm³/mol. The fraction of sp³-hybridized carbons (Fsp3) is 0.688. The highest BCUT2D eigenvalue weighted by molar-refractivity contribution is 5.47. The van der Waals surface area contributed by atoms with Gasteiger partial charge in [-0.2, -0.15) is 0 Å². The summed E-state index contributed by atoms with van der Waals surface area (Å²) in [6, 6.07) is 4.94. The zero-order valence-corrected chi connectivity index (χ0v) is 12.7. The highest BCUT2D eigenvalue weighted by atomic mass is 16.5. The van der Waals surface area contributed by atoms with E-state index in [0.29, 0.717) is 0 Å². The van der Waals surface area contributed by atoms with Crippen LogP contribution in [0.4, 0.5) is 5.82 Å². The molecular formula is C16H25N3O. The average molecular weight is 275 g/mol. The third-order valence-electron chi connectivity index (χ3n) is 3.89. The number of aromatic nitrogens is 1. The van der Waals surface area contributed by atoms with Crippen molar-refractivity contribution in [2.24, 2.45) is 0 Å². The summed E-state index contributed by atoms with van der Waals surface area (Å²) in [4.78, 5) is 7.00. The predicted octanol–water partition coefficient (Wildman–Crippen LogP) is 2.34. The molecule has 1 aliphatic heterocycles. The van der Waals surface area contributed by atoms with E-state index in [-0.39, 0.29) is 11.7 Å². The number of hydrogen-bond donors (Lipinski definition) is 1. The molecule has 1 saturated carbocycles. The zero-order chi connectivity index (χ0) is 14.2. The second-order valence-electron chi connectivity index (χ2n) is 6.71. The summed E-state index contributed by atoms with van der Waals surface area (Å²) in [5.74, 6) is 1.11. The molecule has 0 radical (unpaired) electrons. The Hall–Kier alpha value is -1.13. The monoisotopic (exact) mass is 275 g/mol. The van der Waals surface area contributed by atoms with Crippen molar-refractivity contribution < 1.29 is 4.74 Å². The molecule has 4 nitrogen and oxygen atoms in total. The number of rotatable bonds is 4. The van der Waals surface area contributed by atoms with Gasteiger partial charge in [0.2, 0.25) is 0 Å². The van der Waals surface area contributed by atoms with Crippen LogP contribution in [0.15, 0.2) is 18.3 Å². The molecule has 2 fully saturated rings. The minimum atomic E-state index is -0.115. The van der Waals surface area contributed by atoms with Gasteiger partial charge in [-0.3, -0.25) is 0 Å². The molecule has 0 spiro atoms. The summed E-state index contributed by atoms with van der Waals surface area (Å²) in [6.07, 6.45) is 4.77. The lowest BCUT2D eigenvalue weighted by molar-refractivity contribution is -0.0752. The summed E-state index contributed by atoms with van der Waals surface area (Å²) in [5, 5.41) is 3.59. The van der Waals surface area contributed by atoms with Crippen molar-refractivity contribution in [2.45, 2.75) is 57.9 Å². The molecule has 1 aliphatic carbocycles. The number of nitrogens with zero attached hydrogens (tertiary/aromatic N) is 2. The van der Waals surface area contributed by atoms with E-state index in [0.717, 1.165) is 31.5 Å². The first-order chi connectivity index (χ1) is 9.53. The number of ether oxygens (including phenoxy) is 1. The third kappa shape index (κ3) is 3.30. The van der Waals surface area contributed by atoms with E-state index in [2.05, 4.69) is 42.0 Å². The second-order valence-corrected chi connectivity index (χ2v) is 6.71. The Morgan fingerprint density at radius 3 is 2.95 bits per heavy atom. The van der Waals surface area contributed by atoms with E-state index in [1.165, 1.54) is 18.4 Å². The Balaban J connectivity index is 1.77. The maximum atomic E-state index is 5.99. The van der Waals surface area contributed by atoms with E-state index in [4.69, 9.17) is 4.74 Å². The third-order valence-corrected chi connectivity index (χ3v) is 3.89. The van der Waals surface area contributed by atoms with Crippen LogP contribution in [0.2, 0.25) is 0 Å². The van der Waals surface area contributed by atoms with E-state index < -0.39 is 0 Å². The molecule has 1 aromatic heterocycles. The summed E-state index contributed by atoms with van der Waals surface area (Å²) < 4.78 is 5.99. The van der Waals surface area contributed by atoms with Gasteiger partial charge in [-0.25, -0.2) is 4.98 Å². The minimum absolute atomic E-state index is 0.115. The Labute approximate surface area is 121 Å². The smallest absolute Gasteiger partial charge is 0.133 e. The molecule has 2 heterocycles. The van der Waals surface area contributed by atoms with Crippen LogP contribution < -0.4 is 10.2 Å². The molecule has 1 aromatic rings. The highest BCUT2D eigenvalue weighted by Gasteiger charge is 2.32. The first-order valence-corrected chi connectivity index (χ1v) is 7.63. The molecule has 1 atom stereocenters. The summed E-state index contributed by atoms with van der Waals surface area (Å²) in [6.45, 7) is 9.17. The number of anilines is 1. The van der Waals surface area contributed by atoms with Gasteiger partial charge < -0.3 is 15.0 Å². The van der Waals surface area contributed by atoms with Crippen LogP contribution in [0.25, 0.3) is 0 Å². The molecule has 1 unspecified atom stereocenters. The molecule has 0 bridgehead atoms. The van der Waals surface area contributed by atoms with Crippen molar-refractivity contribution in [1.29, 1.82) is 0 Å². The van der Waals surface area contributed by atoms with Gasteiger partial charge in [0.05, 0.1) is 11.7 Å². The van der Waals surface area contributed by atoms with Crippen molar-refractivity contribution >= 4 is 5.82 Å². The maximum Gasteiger partial charge on any atom is 0.133 e. The topological polar surface area (TPSA) is 37.4 Å². The fourth-order valence-corrected chi connectivity index (χ4v) is 3.01. The van der Waals surface area contributed by atoms with Crippen molar-refractivity contribution in [2.75, 3.05) is 18.0 Å². The van der Waals surface area contributed by atoms with E-state index >= 15 is 0 Å². The zero-order valence-electron chi connectivity index (χ0n) is 12.7. The lowest BCUT2D eigenvalue weighted by Crippen LogP contribution is -2.52. The molecule has 0 aromatic carbocycles. The van der Waals surface area contributed by atoms with Gasteiger partial charge in [0.25, 0.3) is 0 Å². The Bertz CT molecular complexity index is 471. The highest BCUT2D eigenvalue weighted by Crippen LogP contribution is 2.27. The van der Waals surface area contributed by atoms with Gasteiger partial charge >= 0.3 is 0 Å². The number of hydrogen-bond acceptors (Lipinski definition) is 4. The SMILES string of the molecule is CC1CN(c2ncccc2CNC2CC2)CC(C)(C)O1. The Morgan fingerprint density at radius 1 is 1.45 bits per heavy atom. The van der Waals surface area contributed by atoms with Gasteiger partial charge in [0.1, 0.15) is 5.82 Å². The number of morpholine rings is 1. The molecule has 20 heavy (non-hydrogen) atoms. The molecule has 1 N–H and O–H groups in total. The van der Waals surface area contributed by atoms with Crippen LogP contribution in [0.5, 0.6) is 0 Å². The summed E-state index contributed by atoms with van der Waals surface area (Å²) in [7, 11) is 0. The number of nitrogens with one attached hydrogen (secondary N) is 1. The second kappa shape index (κ2) is 5.34. The molecular weight excluding hydrogens is 250 g/mol. The summed E-state index contributed by atoms with van der Waals surface area (Å²) >= 11 is 0. The van der Waals surface area contributed by atoms with Gasteiger partial charge in [-0.15, -0.1) is 0 Å². The summed E-state index contributed by atoms with van der Waals surface area (Å²) in [5.41, 5.74) is 1.18. The van der Waals surface area contributed by atoms with Crippen LogP contribution in [-0.4, -0.2) is 35.8 Å². The number of pyridine rings is 1. The average Bonchev–Trinajstić information content (AvgIpc) is 3.18. The lowest BCUT2D eigenvalue weighted by atomic mass is 10.0. The van der Waals surface area contributed by atoms with Crippen LogP contribution >= 0.6 is 0 Å². The van der Waals surface area contributed by atoms with Crippen LogP contribution in [-0.2, 0) is 11.3 Å². The molecule has 1 saturated heterocycles. The quantitative estimate of drug-likeness (QED) is 0.915. The van der Waals surface area contributed by atoms with E-state index in [1.807, 2.05) is 12.3 Å². The molecule has 110 valence electrons. The molecule has 4 heteroatoms. The molecule has 2 aliphatic rings. The standard InChI is InChI=1S/C16H25N3O/c1-12-10-19(11-16(2,3)20-12)15-13(5-4-8-17-15)9-18-14-6-7-14/h4-5,8,12,14,18H,6-7,9-11H2,1-3H3. The van der Waals surface area contributed by atoms with Crippen molar-refractivity contribution in [3.8, 4) is 0 Å². The minimum Gasteiger partial charge on any atom is -0.369 e. The van der Waals surface area contributed by atoms with Gasteiger partial charge in [-0.05, 0) is 39.7 Å². The van der Waals surface area contributed by atoms with Crippen molar-refractivity contribution in [3.63, 3.8) is 0 Å². The first kappa shape index (κ1) is 13.8. The first-order valence-electron chi connectivity index (χ1n) is 7.63. The van der Waals surface area contributed by atoms with E-state index in [9.17, 15) is 0 Å². The fourth-order valence-electron chi connectivity index (χ4n) is 3.01. The van der Waals surface area contributed by atoms with Crippen LogP contribution in [0, 0.1) is 0 Å². The van der Waals surface area contributed by atoms with Crippen LogP contribution in [0.3, 0.4) is 0 Å². The van der Waals surface area contributed by atoms with E-state index in [1.54, 1.807) is 0 Å².